The van der Waals surface area contributed by atoms with E-state index in [9.17, 15) is 4.79 Å². The van der Waals surface area contributed by atoms with Crippen molar-refractivity contribution in [1.82, 2.24) is 10.2 Å². The summed E-state index contributed by atoms with van der Waals surface area (Å²) >= 11 is 0. The van der Waals surface area contributed by atoms with Gasteiger partial charge in [-0.05, 0) is 31.5 Å². The monoisotopic (exact) mass is 282 g/mol. The normalized spacial score (nSPS) is 16.2. The van der Waals surface area contributed by atoms with Gasteiger partial charge in [0.1, 0.15) is 0 Å². The summed E-state index contributed by atoms with van der Waals surface area (Å²) in [5.41, 5.74) is 2.44. The fraction of sp³-hybridized carbons (Fsp3) is 0.533. The van der Waals surface area contributed by atoms with Crippen molar-refractivity contribution in [2.75, 3.05) is 20.1 Å². The van der Waals surface area contributed by atoms with Crippen LogP contribution in [0.25, 0.3) is 0 Å². The van der Waals surface area contributed by atoms with Crippen molar-refractivity contribution in [3.05, 3.63) is 35.4 Å². The molecular formula is C15H23ClN2O. The molecule has 1 aromatic carbocycles. The highest BCUT2D eigenvalue weighted by Gasteiger charge is 2.30. The van der Waals surface area contributed by atoms with Gasteiger partial charge >= 0.3 is 0 Å². The summed E-state index contributed by atoms with van der Waals surface area (Å²) < 4.78 is 0. The molecule has 4 heteroatoms. The molecule has 0 aromatic heterocycles. The lowest BCUT2D eigenvalue weighted by atomic mass is 9.88. The maximum atomic E-state index is 12.3. The zero-order valence-corrected chi connectivity index (χ0v) is 12.7. The van der Waals surface area contributed by atoms with E-state index in [1.807, 2.05) is 24.9 Å². The van der Waals surface area contributed by atoms with Crippen molar-refractivity contribution in [1.29, 1.82) is 0 Å². The van der Waals surface area contributed by atoms with Crippen LogP contribution in [-0.4, -0.2) is 30.9 Å². The second kappa shape index (κ2) is 6.92. The number of aryl methyl sites for hydroxylation is 1. The van der Waals surface area contributed by atoms with Gasteiger partial charge < -0.3 is 10.2 Å². The molecule has 1 unspecified atom stereocenters. The predicted octanol–water partition coefficient (Wildman–Crippen LogP) is 2.23. The Morgan fingerprint density at radius 3 is 2.68 bits per heavy atom. The van der Waals surface area contributed by atoms with Crippen LogP contribution < -0.4 is 5.32 Å². The predicted molar refractivity (Wildman–Crippen MR) is 80.4 cm³/mol. The zero-order chi connectivity index (χ0) is 13.1. The van der Waals surface area contributed by atoms with Crippen LogP contribution in [0.1, 0.15) is 18.1 Å². The summed E-state index contributed by atoms with van der Waals surface area (Å²) in [4.78, 5) is 14.1. The van der Waals surface area contributed by atoms with Crippen molar-refractivity contribution >= 4 is 18.3 Å². The van der Waals surface area contributed by atoms with E-state index in [0.717, 1.165) is 13.1 Å². The minimum absolute atomic E-state index is 0. The smallest absolute Gasteiger partial charge is 0.225 e. The number of carbonyl (C=O) groups is 1. The molecule has 1 aliphatic heterocycles. The van der Waals surface area contributed by atoms with Gasteiger partial charge in [0.05, 0.1) is 0 Å². The van der Waals surface area contributed by atoms with Crippen LogP contribution in [0, 0.1) is 18.8 Å². The SMILES string of the molecule is Cc1cccc(CN(C)C(=O)C(C)C2CNC2)c1.Cl. The summed E-state index contributed by atoms with van der Waals surface area (Å²) in [5, 5.41) is 3.22. The molecule has 1 aliphatic rings. The highest BCUT2D eigenvalue weighted by Crippen LogP contribution is 2.19. The standard InChI is InChI=1S/C15H22N2O.ClH/c1-11-5-4-6-13(7-11)10-17(3)15(18)12(2)14-8-16-9-14;/h4-7,12,14,16H,8-10H2,1-3H3;1H. The number of nitrogens with zero attached hydrogens (tertiary/aromatic N) is 1. The van der Waals surface area contributed by atoms with E-state index in [2.05, 4.69) is 30.4 Å². The van der Waals surface area contributed by atoms with E-state index in [1.165, 1.54) is 11.1 Å². The Morgan fingerprint density at radius 1 is 1.47 bits per heavy atom. The number of carbonyl (C=O) groups excluding carboxylic acids is 1. The highest BCUT2D eigenvalue weighted by molar-refractivity contribution is 5.85. The van der Waals surface area contributed by atoms with Gasteiger partial charge in [-0.15, -0.1) is 12.4 Å². The van der Waals surface area contributed by atoms with Crippen molar-refractivity contribution in [3.8, 4) is 0 Å². The molecule has 2 rings (SSSR count). The quantitative estimate of drug-likeness (QED) is 0.918. The van der Waals surface area contributed by atoms with Crippen molar-refractivity contribution in [2.24, 2.45) is 11.8 Å². The molecule has 1 amide bonds. The molecule has 1 aromatic rings. The summed E-state index contributed by atoms with van der Waals surface area (Å²) in [6.07, 6.45) is 0. The zero-order valence-electron chi connectivity index (χ0n) is 11.8. The molecule has 0 bridgehead atoms. The van der Waals surface area contributed by atoms with Crippen LogP contribution in [0.3, 0.4) is 0 Å². The number of amides is 1. The lowest BCUT2D eigenvalue weighted by molar-refractivity contribution is -0.136. The van der Waals surface area contributed by atoms with Gasteiger partial charge in [0, 0.05) is 19.5 Å². The largest absolute Gasteiger partial charge is 0.341 e. The number of hydrogen-bond acceptors (Lipinski definition) is 2. The van der Waals surface area contributed by atoms with E-state index in [4.69, 9.17) is 0 Å². The lowest BCUT2D eigenvalue weighted by Gasteiger charge is -2.34. The fourth-order valence-corrected chi connectivity index (χ4v) is 2.38. The molecule has 0 radical (unpaired) electrons. The third-order valence-electron chi connectivity index (χ3n) is 3.79. The maximum absolute atomic E-state index is 12.3. The van der Waals surface area contributed by atoms with Crippen LogP contribution in [0.5, 0.6) is 0 Å². The van der Waals surface area contributed by atoms with E-state index in [0.29, 0.717) is 12.5 Å². The maximum Gasteiger partial charge on any atom is 0.225 e. The first-order valence-corrected chi connectivity index (χ1v) is 6.59. The number of halogens is 1. The van der Waals surface area contributed by atoms with Crippen LogP contribution in [-0.2, 0) is 11.3 Å². The third kappa shape index (κ3) is 3.95. The molecule has 1 heterocycles. The Kier molecular flexibility index (Phi) is 5.83. The molecular weight excluding hydrogens is 260 g/mol. The number of benzene rings is 1. The molecule has 1 saturated heterocycles. The first kappa shape index (κ1) is 16.0. The average Bonchev–Trinajstić information content (AvgIpc) is 2.25. The molecule has 1 atom stereocenters. The van der Waals surface area contributed by atoms with Crippen LogP contribution in [0.2, 0.25) is 0 Å². The van der Waals surface area contributed by atoms with Gasteiger partial charge in [0.25, 0.3) is 0 Å². The minimum atomic E-state index is 0. The van der Waals surface area contributed by atoms with Gasteiger partial charge in [-0.1, -0.05) is 36.8 Å². The Balaban J connectivity index is 0.00000180. The Bertz CT molecular complexity index is 432. The van der Waals surface area contributed by atoms with Crippen LogP contribution in [0.4, 0.5) is 0 Å². The van der Waals surface area contributed by atoms with E-state index < -0.39 is 0 Å². The molecule has 0 spiro atoms. The van der Waals surface area contributed by atoms with Crippen LogP contribution >= 0.6 is 12.4 Å². The lowest BCUT2D eigenvalue weighted by Crippen LogP contribution is -2.49. The van der Waals surface area contributed by atoms with Crippen molar-refractivity contribution < 1.29 is 4.79 Å². The topological polar surface area (TPSA) is 32.3 Å². The summed E-state index contributed by atoms with van der Waals surface area (Å²) in [6.45, 7) is 6.77. The molecule has 3 nitrogen and oxygen atoms in total. The van der Waals surface area contributed by atoms with E-state index in [1.54, 1.807) is 0 Å². The van der Waals surface area contributed by atoms with Gasteiger partial charge in [0.2, 0.25) is 5.91 Å². The first-order valence-electron chi connectivity index (χ1n) is 6.59. The molecule has 0 aliphatic carbocycles. The minimum Gasteiger partial charge on any atom is -0.341 e. The van der Waals surface area contributed by atoms with Gasteiger partial charge in [-0.2, -0.15) is 0 Å². The average molecular weight is 283 g/mol. The third-order valence-corrected chi connectivity index (χ3v) is 3.79. The number of nitrogens with one attached hydrogen (secondary N) is 1. The molecule has 106 valence electrons. The highest BCUT2D eigenvalue weighted by atomic mass is 35.5. The fourth-order valence-electron chi connectivity index (χ4n) is 2.38. The van der Waals surface area contributed by atoms with Gasteiger partial charge in [-0.3, -0.25) is 4.79 Å². The van der Waals surface area contributed by atoms with Gasteiger partial charge in [-0.25, -0.2) is 0 Å². The van der Waals surface area contributed by atoms with Gasteiger partial charge in [0.15, 0.2) is 0 Å². The summed E-state index contributed by atoms with van der Waals surface area (Å²) in [7, 11) is 1.90. The molecule has 1 fully saturated rings. The molecule has 19 heavy (non-hydrogen) atoms. The van der Waals surface area contributed by atoms with Crippen molar-refractivity contribution in [3.63, 3.8) is 0 Å². The Hall–Kier alpha value is -1.06. The number of rotatable bonds is 4. The van der Waals surface area contributed by atoms with E-state index in [-0.39, 0.29) is 24.2 Å². The summed E-state index contributed by atoms with van der Waals surface area (Å²) in [5.74, 6) is 0.890. The molecule has 1 N–H and O–H groups in total. The van der Waals surface area contributed by atoms with E-state index >= 15 is 0 Å². The first-order chi connectivity index (χ1) is 8.58. The Morgan fingerprint density at radius 2 is 2.16 bits per heavy atom. The van der Waals surface area contributed by atoms with Crippen LogP contribution in [0.15, 0.2) is 24.3 Å². The van der Waals surface area contributed by atoms with Crippen molar-refractivity contribution in [2.45, 2.75) is 20.4 Å². The second-order valence-corrected chi connectivity index (χ2v) is 5.39. The summed E-state index contributed by atoms with van der Waals surface area (Å²) in [6, 6.07) is 8.34. The molecule has 0 saturated carbocycles. The second-order valence-electron chi connectivity index (χ2n) is 5.39. The Labute approximate surface area is 121 Å². The number of hydrogen-bond donors (Lipinski definition) is 1.